The lowest BCUT2D eigenvalue weighted by Gasteiger charge is -1.97. The molecule has 0 amide bonds. The van der Waals surface area contributed by atoms with Crippen molar-refractivity contribution >= 4 is 17.7 Å². The van der Waals surface area contributed by atoms with E-state index >= 15 is 0 Å². The number of carboxylic acids is 1. The molecule has 1 rings (SSSR count). The van der Waals surface area contributed by atoms with E-state index in [9.17, 15) is 4.79 Å². The van der Waals surface area contributed by atoms with Crippen LogP contribution in [0.15, 0.2) is 28.9 Å². The van der Waals surface area contributed by atoms with E-state index in [0.29, 0.717) is 5.75 Å². The number of carbonyl (C=O) groups is 1. The van der Waals surface area contributed by atoms with Crippen molar-refractivity contribution in [1.82, 2.24) is 9.78 Å². The van der Waals surface area contributed by atoms with Crippen LogP contribution in [-0.2, 0) is 11.8 Å². The van der Waals surface area contributed by atoms with Crippen molar-refractivity contribution in [2.24, 2.45) is 7.05 Å². The van der Waals surface area contributed by atoms with Gasteiger partial charge < -0.3 is 5.11 Å². The van der Waals surface area contributed by atoms with E-state index in [4.69, 9.17) is 5.11 Å². The quantitative estimate of drug-likeness (QED) is 0.607. The molecule has 0 saturated heterocycles. The highest BCUT2D eigenvalue weighted by Crippen LogP contribution is 2.18. The number of aromatic nitrogens is 2. The van der Waals surface area contributed by atoms with Crippen molar-refractivity contribution < 1.29 is 9.90 Å². The summed E-state index contributed by atoms with van der Waals surface area (Å²) in [6.07, 6.45) is 4.89. The molecule has 0 fully saturated rings. The van der Waals surface area contributed by atoms with Gasteiger partial charge in [-0.3, -0.25) is 4.68 Å². The highest BCUT2D eigenvalue weighted by atomic mass is 32.2. The van der Waals surface area contributed by atoms with Crippen LogP contribution in [0.5, 0.6) is 0 Å². The minimum absolute atomic E-state index is 0.679. The molecule has 0 bridgehead atoms. The van der Waals surface area contributed by atoms with Gasteiger partial charge in [0.25, 0.3) is 0 Å². The molecule has 1 heterocycles. The minimum atomic E-state index is -0.894. The summed E-state index contributed by atoms with van der Waals surface area (Å²) in [5.41, 5.74) is 0.839. The summed E-state index contributed by atoms with van der Waals surface area (Å²) >= 11 is 1.58. The van der Waals surface area contributed by atoms with E-state index < -0.39 is 5.97 Å². The number of aryl methyl sites for hydroxylation is 1. The minimum Gasteiger partial charge on any atom is -0.478 e. The maximum atomic E-state index is 10.3. The zero-order chi connectivity index (χ0) is 10.6. The number of rotatable bonds is 4. The Morgan fingerprint density at radius 1 is 1.79 bits per heavy atom. The van der Waals surface area contributed by atoms with Gasteiger partial charge in [-0.2, -0.15) is 5.10 Å². The second-order valence-electron chi connectivity index (χ2n) is 2.97. The number of hydrogen-bond acceptors (Lipinski definition) is 3. The van der Waals surface area contributed by atoms with E-state index in [2.05, 4.69) is 5.10 Å². The SMILES string of the molecule is CC(=CC(=O)O)CSc1cnn(C)c1. The van der Waals surface area contributed by atoms with Crippen molar-refractivity contribution in [3.63, 3.8) is 0 Å². The summed E-state index contributed by atoms with van der Waals surface area (Å²) in [6, 6.07) is 0. The van der Waals surface area contributed by atoms with Crippen LogP contribution < -0.4 is 0 Å². The molecule has 0 unspecified atom stereocenters. The normalized spacial score (nSPS) is 11.7. The molecule has 0 aliphatic rings. The Labute approximate surface area is 86.6 Å². The lowest BCUT2D eigenvalue weighted by Crippen LogP contribution is -1.91. The Hall–Kier alpha value is -1.23. The molecule has 0 aliphatic carbocycles. The lowest BCUT2D eigenvalue weighted by molar-refractivity contribution is -0.131. The Kier molecular flexibility index (Phi) is 3.76. The first-order chi connectivity index (χ1) is 6.58. The van der Waals surface area contributed by atoms with Gasteiger partial charge in [-0.15, -0.1) is 11.8 Å². The first kappa shape index (κ1) is 10.8. The summed E-state index contributed by atoms with van der Waals surface area (Å²) < 4.78 is 1.72. The summed E-state index contributed by atoms with van der Waals surface area (Å²) in [4.78, 5) is 11.4. The number of hydrogen-bond donors (Lipinski definition) is 1. The average molecular weight is 212 g/mol. The molecule has 0 aliphatic heterocycles. The molecule has 5 heteroatoms. The van der Waals surface area contributed by atoms with Crippen LogP contribution in [0.2, 0.25) is 0 Å². The molecule has 76 valence electrons. The van der Waals surface area contributed by atoms with Gasteiger partial charge in [-0.1, -0.05) is 5.57 Å². The van der Waals surface area contributed by atoms with Crippen molar-refractivity contribution in [3.05, 3.63) is 24.0 Å². The standard InChI is InChI=1S/C9H12N2O2S/c1-7(3-9(12)13)6-14-8-4-10-11(2)5-8/h3-5H,6H2,1-2H3,(H,12,13). The molecular formula is C9H12N2O2S. The third-order valence-electron chi connectivity index (χ3n) is 1.52. The molecule has 4 nitrogen and oxygen atoms in total. The van der Waals surface area contributed by atoms with Crippen molar-refractivity contribution in [2.75, 3.05) is 5.75 Å². The maximum absolute atomic E-state index is 10.3. The Balaban J connectivity index is 2.45. The average Bonchev–Trinajstić information content (AvgIpc) is 2.47. The van der Waals surface area contributed by atoms with E-state index in [-0.39, 0.29) is 0 Å². The van der Waals surface area contributed by atoms with E-state index in [1.807, 2.05) is 13.2 Å². The number of thioether (sulfide) groups is 1. The molecule has 0 aromatic carbocycles. The van der Waals surface area contributed by atoms with Gasteiger partial charge in [0.05, 0.1) is 6.20 Å². The summed E-state index contributed by atoms with van der Waals surface area (Å²) in [5.74, 6) is -0.216. The monoisotopic (exact) mass is 212 g/mol. The predicted octanol–water partition coefficient (Wildman–Crippen LogP) is 1.54. The van der Waals surface area contributed by atoms with Crippen LogP contribution in [0, 0.1) is 0 Å². The lowest BCUT2D eigenvalue weighted by atomic mass is 10.3. The second-order valence-corrected chi connectivity index (χ2v) is 4.02. The van der Waals surface area contributed by atoms with Gasteiger partial charge in [0, 0.05) is 30.0 Å². The molecular weight excluding hydrogens is 200 g/mol. The van der Waals surface area contributed by atoms with Crippen LogP contribution in [0.3, 0.4) is 0 Å². The van der Waals surface area contributed by atoms with Crippen molar-refractivity contribution in [1.29, 1.82) is 0 Å². The Bertz CT molecular complexity index is 357. The molecule has 0 spiro atoms. The highest BCUT2D eigenvalue weighted by molar-refractivity contribution is 7.99. The van der Waals surface area contributed by atoms with Crippen molar-refractivity contribution in [3.8, 4) is 0 Å². The van der Waals surface area contributed by atoms with Crippen LogP contribution in [0.25, 0.3) is 0 Å². The maximum Gasteiger partial charge on any atom is 0.328 e. The largest absolute Gasteiger partial charge is 0.478 e. The fourth-order valence-electron chi connectivity index (χ4n) is 0.923. The van der Waals surface area contributed by atoms with Gasteiger partial charge >= 0.3 is 5.97 Å². The number of aliphatic carboxylic acids is 1. The predicted molar refractivity (Wildman–Crippen MR) is 55.3 cm³/mol. The van der Waals surface area contributed by atoms with Crippen LogP contribution in [0.4, 0.5) is 0 Å². The van der Waals surface area contributed by atoms with Crippen LogP contribution in [0.1, 0.15) is 6.92 Å². The van der Waals surface area contributed by atoms with Gasteiger partial charge in [0.1, 0.15) is 0 Å². The second kappa shape index (κ2) is 4.85. The molecule has 0 radical (unpaired) electrons. The zero-order valence-corrected chi connectivity index (χ0v) is 8.91. The molecule has 1 N–H and O–H groups in total. The van der Waals surface area contributed by atoms with Gasteiger partial charge in [-0.05, 0) is 6.92 Å². The van der Waals surface area contributed by atoms with E-state index in [1.54, 1.807) is 29.6 Å². The first-order valence-electron chi connectivity index (χ1n) is 4.09. The van der Waals surface area contributed by atoms with Crippen molar-refractivity contribution in [2.45, 2.75) is 11.8 Å². The number of nitrogens with zero attached hydrogens (tertiary/aromatic N) is 2. The third-order valence-corrected chi connectivity index (χ3v) is 2.66. The highest BCUT2D eigenvalue weighted by Gasteiger charge is 1.99. The topological polar surface area (TPSA) is 55.1 Å². The van der Waals surface area contributed by atoms with Gasteiger partial charge in [0.15, 0.2) is 0 Å². The van der Waals surface area contributed by atoms with Gasteiger partial charge in [0.2, 0.25) is 0 Å². The summed E-state index contributed by atoms with van der Waals surface area (Å²) in [6.45, 7) is 1.80. The Morgan fingerprint density at radius 3 is 3.00 bits per heavy atom. The van der Waals surface area contributed by atoms with Gasteiger partial charge in [-0.25, -0.2) is 4.79 Å². The fraction of sp³-hybridized carbons (Fsp3) is 0.333. The summed E-state index contributed by atoms with van der Waals surface area (Å²) in [5, 5.41) is 12.5. The molecule has 0 saturated carbocycles. The number of carboxylic acid groups (broad SMARTS) is 1. The Morgan fingerprint density at radius 2 is 2.50 bits per heavy atom. The molecule has 0 atom stereocenters. The molecule has 1 aromatic rings. The third kappa shape index (κ3) is 3.66. The van der Waals surface area contributed by atoms with Crippen LogP contribution >= 0.6 is 11.8 Å². The molecule has 14 heavy (non-hydrogen) atoms. The smallest absolute Gasteiger partial charge is 0.328 e. The first-order valence-corrected chi connectivity index (χ1v) is 5.08. The zero-order valence-electron chi connectivity index (χ0n) is 8.10. The fourth-order valence-corrected chi connectivity index (χ4v) is 1.75. The summed E-state index contributed by atoms with van der Waals surface area (Å²) in [7, 11) is 1.85. The van der Waals surface area contributed by atoms with E-state index in [0.717, 1.165) is 10.5 Å². The molecule has 1 aromatic heterocycles. The van der Waals surface area contributed by atoms with Crippen LogP contribution in [-0.4, -0.2) is 26.6 Å². The van der Waals surface area contributed by atoms with E-state index in [1.165, 1.54) is 6.08 Å².